The van der Waals surface area contributed by atoms with Gasteiger partial charge in [0.15, 0.2) is 0 Å². The first-order chi connectivity index (χ1) is 7.22. The van der Waals surface area contributed by atoms with Crippen LogP contribution in [0.3, 0.4) is 0 Å². The summed E-state index contributed by atoms with van der Waals surface area (Å²) in [7, 11) is 0. The van der Waals surface area contributed by atoms with E-state index in [0.29, 0.717) is 11.4 Å². The van der Waals surface area contributed by atoms with E-state index < -0.39 is 0 Å². The van der Waals surface area contributed by atoms with Crippen LogP contribution in [0.2, 0.25) is 5.02 Å². The fourth-order valence-corrected chi connectivity index (χ4v) is 2.01. The lowest BCUT2D eigenvalue weighted by molar-refractivity contribution is 1.31. The minimum absolute atomic E-state index is 0.652. The zero-order valence-electron chi connectivity index (χ0n) is 7.87. The van der Waals surface area contributed by atoms with E-state index in [-0.39, 0.29) is 0 Å². The molecule has 2 rings (SSSR count). The van der Waals surface area contributed by atoms with E-state index in [1.54, 1.807) is 0 Å². The first kappa shape index (κ1) is 10.4. The number of halogens is 1. The van der Waals surface area contributed by atoms with Gasteiger partial charge in [0.2, 0.25) is 0 Å². The molecule has 1 aromatic carbocycles. The Kier molecular flexibility index (Phi) is 2.86. The fourth-order valence-electron chi connectivity index (χ4n) is 1.55. The molecule has 0 radical (unpaired) electrons. The van der Waals surface area contributed by atoms with Crippen LogP contribution < -0.4 is 0 Å². The third kappa shape index (κ3) is 1.94. The van der Waals surface area contributed by atoms with Crippen molar-refractivity contribution in [2.45, 2.75) is 11.3 Å². The van der Waals surface area contributed by atoms with Crippen LogP contribution in [0.15, 0.2) is 40.8 Å². The van der Waals surface area contributed by atoms with Crippen molar-refractivity contribution in [1.29, 1.82) is 5.26 Å². The van der Waals surface area contributed by atoms with Gasteiger partial charge in [-0.1, -0.05) is 29.8 Å². The third-order valence-corrected chi connectivity index (χ3v) is 3.25. The molecule has 0 saturated carbocycles. The van der Waals surface area contributed by atoms with Crippen molar-refractivity contribution in [2.24, 2.45) is 0 Å². The van der Waals surface area contributed by atoms with Crippen molar-refractivity contribution in [3.63, 3.8) is 0 Å². The van der Waals surface area contributed by atoms with Gasteiger partial charge in [-0.2, -0.15) is 5.26 Å². The Morgan fingerprint density at radius 1 is 1.33 bits per heavy atom. The normalized spacial score (nSPS) is 14.5. The Hall–Kier alpha value is -1.17. The highest BCUT2D eigenvalue weighted by Crippen LogP contribution is 2.34. The molecule has 0 unspecified atom stereocenters. The van der Waals surface area contributed by atoms with Gasteiger partial charge in [-0.05, 0) is 23.3 Å². The predicted octanol–water partition coefficient (Wildman–Crippen LogP) is 3.87. The molecular weight excluding hydrogens is 226 g/mol. The van der Waals surface area contributed by atoms with E-state index in [1.165, 1.54) is 0 Å². The van der Waals surface area contributed by atoms with Crippen molar-refractivity contribution in [3.05, 3.63) is 46.5 Å². The van der Waals surface area contributed by atoms with Crippen LogP contribution in [0.4, 0.5) is 0 Å². The monoisotopic (exact) mass is 233 g/mol. The SMILES string of the molecule is N#CC1=CC=C(c2cccc(S)c2Cl)C1. The summed E-state index contributed by atoms with van der Waals surface area (Å²) in [4.78, 5) is 0.764. The second-order valence-electron chi connectivity index (χ2n) is 3.31. The summed E-state index contributed by atoms with van der Waals surface area (Å²) >= 11 is 10.4. The maximum absolute atomic E-state index is 8.75. The van der Waals surface area contributed by atoms with E-state index in [2.05, 4.69) is 18.7 Å². The molecule has 3 heteroatoms. The summed E-state index contributed by atoms with van der Waals surface area (Å²) < 4.78 is 0. The van der Waals surface area contributed by atoms with Crippen molar-refractivity contribution < 1.29 is 0 Å². The quantitative estimate of drug-likeness (QED) is 0.732. The summed E-state index contributed by atoms with van der Waals surface area (Å²) in [5.41, 5.74) is 2.81. The standard InChI is InChI=1S/C12H8ClNS/c13-12-10(2-1-3-11(12)15)9-5-4-8(6-9)7-14/h1-5,15H,6H2. The van der Waals surface area contributed by atoms with Crippen LogP contribution in [-0.4, -0.2) is 0 Å². The van der Waals surface area contributed by atoms with Crippen LogP contribution in [0.5, 0.6) is 0 Å². The number of benzene rings is 1. The van der Waals surface area contributed by atoms with Gasteiger partial charge in [0.1, 0.15) is 0 Å². The minimum Gasteiger partial charge on any atom is -0.193 e. The van der Waals surface area contributed by atoms with Crippen LogP contribution >= 0.6 is 24.2 Å². The molecule has 0 aliphatic heterocycles. The smallest absolute Gasteiger partial charge is 0.0950 e. The highest BCUT2D eigenvalue weighted by atomic mass is 35.5. The number of nitriles is 1. The first-order valence-corrected chi connectivity index (χ1v) is 5.32. The van der Waals surface area contributed by atoms with Gasteiger partial charge in [0.25, 0.3) is 0 Å². The molecule has 0 bridgehead atoms. The zero-order chi connectivity index (χ0) is 10.8. The summed E-state index contributed by atoms with van der Waals surface area (Å²) in [6.45, 7) is 0. The van der Waals surface area contributed by atoms with Crippen molar-refractivity contribution in [1.82, 2.24) is 0 Å². The number of hydrogen-bond donors (Lipinski definition) is 1. The molecule has 0 atom stereocenters. The molecule has 0 fully saturated rings. The summed E-state index contributed by atoms with van der Waals surface area (Å²) in [6.07, 6.45) is 4.43. The van der Waals surface area contributed by atoms with E-state index >= 15 is 0 Å². The largest absolute Gasteiger partial charge is 0.193 e. The average Bonchev–Trinajstić information content (AvgIpc) is 2.70. The lowest BCUT2D eigenvalue weighted by atomic mass is 10.0. The maximum atomic E-state index is 8.75. The Balaban J connectivity index is 2.35. The van der Waals surface area contributed by atoms with Gasteiger partial charge in [-0.15, -0.1) is 12.6 Å². The predicted molar refractivity (Wildman–Crippen MR) is 65.0 cm³/mol. The molecule has 15 heavy (non-hydrogen) atoms. The number of allylic oxidation sites excluding steroid dienone is 4. The second-order valence-corrected chi connectivity index (χ2v) is 4.17. The highest BCUT2D eigenvalue weighted by Gasteiger charge is 2.13. The topological polar surface area (TPSA) is 23.8 Å². The van der Waals surface area contributed by atoms with Crippen molar-refractivity contribution in [3.8, 4) is 6.07 Å². The Morgan fingerprint density at radius 3 is 2.80 bits per heavy atom. The number of rotatable bonds is 1. The molecule has 0 amide bonds. The Bertz CT molecular complexity index is 509. The zero-order valence-corrected chi connectivity index (χ0v) is 9.52. The van der Waals surface area contributed by atoms with Crippen LogP contribution in [0.1, 0.15) is 12.0 Å². The van der Waals surface area contributed by atoms with E-state index in [9.17, 15) is 0 Å². The molecule has 0 aromatic heterocycles. The molecule has 74 valence electrons. The molecule has 0 saturated heterocycles. The van der Waals surface area contributed by atoms with Crippen molar-refractivity contribution >= 4 is 29.8 Å². The molecule has 1 aliphatic rings. The van der Waals surface area contributed by atoms with E-state index in [0.717, 1.165) is 21.6 Å². The molecule has 1 aromatic rings. The molecular formula is C12H8ClNS. The fraction of sp³-hybridized carbons (Fsp3) is 0.0833. The van der Waals surface area contributed by atoms with Gasteiger partial charge in [-0.3, -0.25) is 0 Å². The van der Waals surface area contributed by atoms with Crippen LogP contribution in [0, 0.1) is 11.3 Å². The number of thiol groups is 1. The van der Waals surface area contributed by atoms with Gasteiger partial charge in [0, 0.05) is 16.9 Å². The highest BCUT2D eigenvalue weighted by molar-refractivity contribution is 7.80. The third-order valence-electron chi connectivity index (χ3n) is 2.33. The lowest BCUT2D eigenvalue weighted by Gasteiger charge is -2.06. The summed E-state index contributed by atoms with van der Waals surface area (Å²) in [5, 5.41) is 9.41. The van der Waals surface area contributed by atoms with Gasteiger partial charge in [-0.25, -0.2) is 0 Å². The van der Waals surface area contributed by atoms with Crippen LogP contribution in [-0.2, 0) is 0 Å². The molecule has 1 nitrogen and oxygen atoms in total. The molecule has 0 N–H and O–H groups in total. The number of nitrogens with zero attached hydrogens (tertiary/aromatic N) is 1. The molecule has 0 spiro atoms. The number of hydrogen-bond acceptors (Lipinski definition) is 2. The van der Waals surface area contributed by atoms with Crippen molar-refractivity contribution in [2.75, 3.05) is 0 Å². The van der Waals surface area contributed by atoms with E-state index in [4.69, 9.17) is 16.9 Å². The van der Waals surface area contributed by atoms with Gasteiger partial charge in [0.05, 0.1) is 11.1 Å². The molecule has 0 heterocycles. The maximum Gasteiger partial charge on any atom is 0.0950 e. The summed E-state index contributed by atoms with van der Waals surface area (Å²) in [6, 6.07) is 7.85. The summed E-state index contributed by atoms with van der Waals surface area (Å²) in [5.74, 6) is 0. The molecule has 1 aliphatic carbocycles. The van der Waals surface area contributed by atoms with E-state index in [1.807, 2.05) is 30.4 Å². The Labute approximate surface area is 99.1 Å². The average molecular weight is 234 g/mol. The van der Waals surface area contributed by atoms with Gasteiger partial charge < -0.3 is 0 Å². The first-order valence-electron chi connectivity index (χ1n) is 4.50. The second kappa shape index (κ2) is 4.14. The Morgan fingerprint density at radius 2 is 2.13 bits per heavy atom. The van der Waals surface area contributed by atoms with Gasteiger partial charge >= 0.3 is 0 Å². The minimum atomic E-state index is 0.652. The lowest BCUT2D eigenvalue weighted by Crippen LogP contribution is -1.85. The van der Waals surface area contributed by atoms with Crippen LogP contribution in [0.25, 0.3) is 5.57 Å².